The summed E-state index contributed by atoms with van der Waals surface area (Å²) in [6.07, 6.45) is 0. The van der Waals surface area contributed by atoms with Gasteiger partial charge in [0.15, 0.2) is 0 Å². The summed E-state index contributed by atoms with van der Waals surface area (Å²) in [5, 5.41) is 12.6. The zero-order valence-corrected chi connectivity index (χ0v) is 33.5. The van der Waals surface area contributed by atoms with Crippen molar-refractivity contribution < 1.29 is 0 Å². The second-order valence-corrected chi connectivity index (χ2v) is 16.7. The molecule has 1 aromatic heterocycles. The molecule has 0 aliphatic rings. The molecular weight excluding hydrogens is 743 g/mol. The van der Waals surface area contributed by atoms with Crippen LogP contribution in [0.1, 0.15) is 0 Å². The molecule has 11 aromatic carbocycles. The summed E-state index contributed by atoms with van der Waals surface area (Å²) in [4.78, 5) is 2.43. The van der Waals surface area contributed by atoms with Crippen LogP contribution in [-0.4, -0.2) is 0 Å². The maximum atomic E-state index is 2.43. The van der Waals surface area contributed by atoms with Gasteiger partial charge in [-0.3, -0.25) is 0 Å². The highest BCUT2D eigenvalue weighted by molar-refractivity contribution is 7.25. The molecule has 0 fully saturated rings. The largest absolute Gasteiger partial charge is 0.310 e. The number of hydrogen-bond acceptors (Lipinski definition) is 2. The van der Waals surface area contributed by atoms with Gasteiger partial charge in [-0.05, 0) is 131 Å². The van der Waals surface area contributed by atoms with Crippen LogP contribution in [0.25, 0.3) is 96.6 Å². The molecule has 0 aliphatic heterocycles. The summed E-state index contributed by atoms with van der Waals surface area (Å²) >= 11 is 1.86. The Balaban J connectivity index is 1.07. The summed E-state index contributed by atoms with van der Waals surface area (Å²) in [7, 11) is 0. The molecule has 2 heteroatoms. The van der Waals surface area contributed by atoms with Crippen molar-refractivity contribution in [2.24, 2.45) is 0 Å². The molecule has 0 spiro atoms. The van der Waals surface area contributed by atoms with Crippen molar-refractivity contribution >= 4 is 91.7 Å². The molecule has 1 heterocycles. The average molecular weight is 780 g/mol. The number of thiophene rings is 1. The van der Waals surface area contributed by atoms with Crippen LogP contribution >= 0.6 is 11.3 Å². The van der Waals surface area contributed by atoms with Gasteiger partial charge in [0.05, 0.1) is 0 Å². The molecule has 0 unspecified atom stereocenters. The fourth-order valence-electron chi connectivity index (χ4n) is 9.44. The molecule has 12 aromatic rings. The van der Waals surface area contributed by atoms with Crippen LogP contribution in [0.5, 0.6) is 0 Å². The third kappa shape index (κ3) is 5.68. The summed E-state index contributed by atoms with van der Waals surface area (Å²) in [6, 6.07) is 82.6. The van der Waals surface area contributed by atoms with Crippen LogP contribution in [-0.2, 0) is 0 Å². The van der Waals surface area contributed by atoms with E-state index in [4.69, 9.17) is 0 Å². The predicted octanol–water partition coefficient (Wildman–Crippen LogP) is 17.1. The van der Waals surface area contributed by atoms with E-state index in [0.717, 1.165) is 17.1 Å². The summed E-state index contributed by atoms with van der Waals surface area (Å²) in [5.41, 5.74) is 10.7. The van der Waals surface area contributed by atoms with E-state index in [-0.39, 0.29) is 0 Å². The molecular formula is C58H37NS. The van der Waals surface area contributed by atoms with E-state index in [0.29, 0.717) is 0 Å². The first-order valence-electron chi connectivity index (χ1n) is 20.6. The molecule has 0 aliphatic carbocycles. The van der Waals surface area contributed by atoms with Crippen LogP contribution in [0.2, 0.25) is 0 Å². The number of hydrogen-bond donors (Lipinski definition) is 0. The van der Waals surface area contributed by atoms with E-state index in [1.807, 2.05) is 11.3 Å². The molecule has 0 radical (unpaired) electrons. The molecule has 0 atom stereocenters. The molecule has 0 bridgehead atoms. The van der Waals surface area contributed by atoms with Gasteiger partial charge in [0.25, 0.3) is 0 Å². The predicted molar refractivity (Wildman–Crippen MR) is 260 cm³/mol. The number of rotatable bonds is 6. The van der Waals surface area contributed by atoms with Crippen molar-refractivity contribution in [3.05, 3.63) is 224 Å². The monoisotopic (exact) mass is 779 g/mol. The van der Waals surface area contributed by atoms with Crippen molar-refractivity contribution in [2.45, 2.75) is 0 Å². The third-order valence-electron chi connectivity index (χ3n) is 12.2. The van der Waals surface area contributed by atoms with E-state index < -0.39 is 0 Å². The van der Waals surface area contributed by atoms with Gasteiger partial charge in [-0.25, -0.2) is 0 Å². The standard InChI is InChI=1S/C58H37NS/c1-3-15-39(16-4-1)57-52-24-10-9-22-49(52)50-31-28-42(36-54(50)58(57)40-17-5-2-6-18-40)41-19-13-20-44(34-41)59(46-30-33-56-53(37-46)51-23-11-12-25-55(51)60-56)45-29-32-48-43(35-45)27-26-38-14-7-8-21-47(38)48/h1-37H. The van der Waals surface area contributed by atoms with Gasteiger partial charge in [0.1, 0.15) is 0 Å². The Bertz CT molecular complexity index is 3600. The van der Waals surface area contributed by atoms with Gasteiger partial charge in [-0.2, -0.15) is 0 Å². The van der Waals surface area contributed by atoms with E-state index in [1.165, 1.54) is 96.6 Å². The maximum absolute atomic E-state index is 2.43. The molecule has 0 amide bonds. The SMILES string of the molecule is c1ccc(-c2c(-c3ccccc3)c3cc(-c4cccc(N(c5ccc6c(ccc7ccccc76)c5)c5ccc6sc7ccccc7c6c5)c4)ccc3c3ccccc23)cc1. The Morgan fingerprint density at radius 3 is 1.60 bits per heavy atom. The number of benzene rings is 11. The van der Waals surface area contributed by atoms with Crippen molar-refractivity contribution in [1.82, 2.24) is 0 Å². The highest BCUT2D eigenvalue weighted by Gasteiger charge is 2.20. The lowest BCUT2D eigenvalue weighted by Crippen LogP contribution is -2.10. The zero-order valence-electron chi connectivity index (χ0n) is 32.7. The van der Waals surface area contributed by atoms with E-state index in [9.17, 15) is 0 Å². The summed E-state index contributed by atoms with van der Waals surface area (Å²) in [5.74, 6) is 0. The molecule has 0 saturated carbocycles. The highest BCUT2D eigenvalue weighted by atomic mass is 32.1. The first kappa shape index (κ1) is 34.5. The Morgan fingerprint density at radius 1 is 0.250 bits per heavy atom. The van der Waals surface area contributed by atoms with Crippen molar-refractivity contribution in [3.8, 4) is 33.4 Å². The van der Waals surface area contributed by atoms with Gasteiger partial charge in [-0.15, -0.1) is 11.3 Å². The Hall–Kier alpha value is -7.52. The lowest BCUT2D eigenvalue weighted by Gasteiger charge is -2.27. The van der Waals surface area contributed by atoms with E-state index >= 15 is 0 Å². The fourth-order valence-corrected chi connectivity index (χ4v) is 10.5. The maximum Gasteiger partial charge on any atom is 0.0468 e. The Labute approximate surface area is 352 Å². The Morgan fingerprint density at radius 2 is 0.783 bits per heavy atom. The van der Waals surface area contributed by atoms with Crippen molar-refractivity contribution in [1.29, 1.82) is 0 Å². The summed E-state index contributed by atoms with van der Waals surface area (Å²) < 4.78 is 2.61. The lowest BCUT2D eigenvalue weighted by molar-refractivity contribution is 1.30. The quantitative estimate of drug-likeness (QED) is 0.152. The Kier molecular flexibility index (Phi) is 8.11. The van der Waals surface area contributed by atoms with Gasteiger partial charge < -0.3 is 4.90 Å². The van der Waals surface area contributed by atoms with Gasteiger partial charge in [0, 0.05) is 37.2 Å². The van der Waals surface area contributed by atoms with Crippen LogP contribution in [0.15, 0.2) is 224 Å². The fraction of sp³-hybridized carbons (Fsp3) is 0. The summed E-state index contributed by atoms with van der Waals surface area (Å²) in [6.45, 7) is 0. The lowest BCUT2D eigenvalue weighted by atomic mass is 9.84. The van der Waals surface area contributed by atoms with Crippen molar-refractivity contribution in [3.63, 3.8) is 0 Å². The minimum absolute atomic E-state index is 1.11. The first-order valence-corrected chi connectivity index (χ1v) is 21.4. The van der Waals surface area contributed by atoms with Gasteiger partial charge >= 0.3 is 0 Å². The molecule has 60 heavy (non-hydrogen) atoms. The molecule has 12 rings (SSSR count). The third-order valence-corrected chi connectivity index (χ3v) is 13.3. The number of anilines is 3. The average Bonchev–Trinajstić information content (AvgIpc) is 3.69. The second-order valence-electron chi connectivity index (χ2n) is 15.6. The van der Waals surface area contributed by atoms with E-state index in [2.05, 4.69) is 229 Å². The number of fused-ring (bicyclic) bond motifs is 9. The van der Waals surface area contributed by atoms with Gasteiger partial charge in [-0.1, -0.05) is 170 Å². The van der Waals surface area contributed by atoms with Crippen LogP contribution in [0, 0.1) is 0 Å². The molecule has 280 valence electrons. The normalized spacial score (nSPS) is 11.7. The van der Waals surface area contributed by atoms with Crippen molar-refractivity contribution in [2.75, 3.05) is 4.90 Å². The topological polar surface area (TPSA) is 3.24 Å². The number of nitrogens with zero attached hydrogens (tertiary/aromatic N) is 1. The van der Waals surface area contributed by atoms with Gasteiger partial charge in [0.2, 0.25) is 0 Å². The minimum Gasteiger partial charge on any atom is -0.310 e. The van der Waals surface area contributed by atoms with Crippen LogP contribution < -0.4 is 4.90 Å². The molecule has 0 saturated heterocycles. The highest BCUT2D eigenvalue weighted by Crippen LogP contribution is 2.47. The first-order chi connectivity index (χ1) is 29.7. The van der Waals surface area contributed by atoms with Crippen LogP contribution in [0.4, 0.5) is 17.1 Å². The smallest absolute Gasteiger partial charge is 0.0468 e. The second kappa shape index (κ2) is 14.1. The molecule has 0 N–H and O–H groups in total. The minimum atomic E-state index is 1.11. The zero-order chi connectivity index (χ0) is 39.6. The van der Waals surface area contributed by atoms with Crippen LogP contribution in [0.3, 0.4) is 0 Å². The molecule has 1 nitrogen and oxygen atoms in total. The van der Waals surface area contributed by atoms with E-state index in [1.54, 1.807) is 0 Å².